The van der Waals surface area contributed by atoms with E-state index in [4.69, 9.17) is 11.6 Å². The maximum Gasteiger partial charge on any atom is 0.261 e. The zero-order valence-electron chi connectivity index (χ0n) is 14.4. The second-order valence-corrected chi connectivity index (χ2v) is 8.31. The van der Waals surface area contributed by atoms with Gasteiger partial charge in [0, 0.05) is 10.6 Å². The number of hydrogen-bond donors (Lipinski definition) is 2. The summed E-state index contributed by atoms with van der Waals surface area (Å²) in [5.41, 5.74) is 3.90. The SMILES string of the molecule is Cc1ccc(-c2nc3ccccc3[nH]2)cc1NS(=O)(=O)c1ccc(Cl)cc1. The Morgan fingerprint density at radius 1 is 1.00 bits per heavy atom. The van der Waals surface area contributed by atoms with Crippen LogP contribution in [0.2, 0.25) is 5.02 Å². The molecule has 1 heterocycles. The third-order valence-corrected chi connectivity index (χ3v) is 5.90. The van der Waals surface area contributed by atoms with Crippen molar-refractivity contribution < 1.29 is 8.42 Å². The molecule has 5 nitrogen and oxygen atoms in total. The number of halogens is 1. The van der Waals surface area contributed by atoms with E-state index in [0.717, 1.165) is 22.2 Å². The standard InChI is InChI=1S/C20H16ClN3O2S/c1-13-6-7-14(20-22-17-4-2-3-5-18(17)23-20)12-19(13)24-27(25,26)16-10-8-15(21)9-11-16/h2-12,24H,1H3,(H,22,23). The molecule has 0 spiro atoms. The van der Waals surface area contributed by atoms with Gasteiger partial charge in [-0.25, -0.2) is 13.4 Å². The van der Waals surface area contributed by atoms with Crippen LogP contribution in [0.25, 0.3) is 22.4 Å². The molecule has 0 amide bonds. The second kappa shape index (κ2) is 6.72. The molecule has 0 saturated heterocycles. The topological polar surface area (TPSA) is 74.8 Å². The van der Waals surface area contributed by atoms with Crippen molar-refractivity contribution in [1.29, 1.82) is 0 Å². The average molecular weight is 398 g/mol. The molecule has 0 bridgehead atoms. The van der Waals surface area contributed by atoms with E-state index in [-0.39, 0.29) is 4.90 Å². The van der Waals surface area contributed by atoms with Gasteiger partial charge in [0.25, 0.3) is 10.0 Å². The molecule has 0 unspecified atom stereocenters. The summed E-state index contributed by atoms with van der Waals surface area (Å²) in [6, 6.07) is 19.3. The molecular formula is C20H16ClN3O2S. The van der Waals surface area contributed by atoms with Crippen molar-refractivity contribution in [2.75, 3.05) is 4.72 Å². The van der Waals surface area contributed by atoms with E-state index < -0.39 is 10.0 Å². The van der Waals surface area contributed by atoms with E-state index in [2.05, 4.69) is 14.7 Å². The Kier molecular flexibility index (Phi) is 4.37. The number of nitrogens with one attached hydrogen (secondary N) is 2. The van der Waals surface area contributed by atoms with Gasteiger partial charge in [-0.3, -0.25) is 4.72 Å². The number of rotatable bonds is 4. The Bertz CT molecular complexity index is 1200. The van der Waals surface area contributed by atoms with Gasteiger partial charge in [-0.1, -0.05) is 35.9 Å². The number of sulfonamides is 1. The summed E-state index contributed by atoms with van der Waals surface area (Å²) in [6.45, 7) is 1.85. The molecule has 0 aliphatic heterocycles. The lowest BCUT2D eigenvalue weighted by atomic mass is 10.1. The van der Waals surface area contributed by atoms with Crippen molar-refractivity contribution >= 4 is 38.3 Å². The number of nitrogens with zero attached hydrogens (tertiary/aromatic N) is 1. The fraction of sp³-hybridized carbons (Fsp3) is 0.0500. The molecule has 0 radical (unpaired) electrons. The number of aryl methyl sites for hydroxylation is 1. The lowest BCUT2D eigenvalue weighted by Crippen LogP contribution is -2.13. The van der Waals surface area contributed by atoms with Crippen LogP contribution in [-0.4, -0.2) is 18.4 Å². The van der Waals surface area contributed by atoms with Crippen LogP contribution in [0.15, 0.2) is 71.6 Å². The Morgan fingerprint density at radius 2 is 1.74 bits per heavy atom. The van der Waals surface area contributed by atoms with Crippen molar-refractivity contribution in [3.8, 4) is 11.4 Å². The minimum atomic E-state index is -3.72. The summed E-state index contributed by atoms with van der Waals surface area (Å²) >= 11 is 5.84. The first-order valence-corrected chi connectivity index (χ1v) is 10.1. The molecule has 0 fully saturated rings. The van der Waals surface area contributed by atoms with Crippen molar-refractivity contribution in [3.05, 3.63) is 77.3 Å². The number of aromatic nitrogens is 2. The Morgan fingerprint density at radius 3 is 2.48 bits per heavy atom. The number of hydrogen-bond acceptors (Lipinski definition) is 3. The van der Waals surface area contributed by atoms with Gasteiger partial charge in [0.15, 0.2) is 0 Å². The van der Waals surface area contributed by atoms with Crippen LogP contribution in [0.5, 0.6) is 0 Å². The average Bonchev–Trinajstić information content (AvgIpc) is 3.08. The Balaban J connectivity index is 1.71. The molecule has 3 aromatic carbocycles. The first-order chi connectivity index (χ1) is 12.9. The van der Waals surface area contributed by atoms with Gasteiger partial charge in [-0.2, -0.15) is 0 Å². The highest BCUT2D eigenvalue weighted by atomic mass is 35.5. The summed E-state index contributed by atoms with van der Waals surface area (Å²) in [5, 5.41) is 0.483. The first-order valence-electron chi connectivity index (χ1n) is 8.26. The van der Waals surface area contributed by atoms with Crippen LogP contribution in [-0.2, 0) is 10.0 Å². The number of fused-ring (bicyclic) bond motifs is 1. The number of anilines is 1. The first kappa shape index (κ1) is 17.6. The van der Waals surface area contributed by atoms with Crippen LogP contribution in [0.3, 0.4) is 0 Å². The predicted molar refractivity (Wildman–Crippen MR) is 109 cm³/mol. The molecule has 2 N–H and O–H groups in total. The molecule has 7 heteroatoms. The van der Waals surface area contributed by atoms with Gasteiger partial charge in [0.05, 0.1) is 21.6 Å². The van der Waals surface area contributed by atoms with Crippen LogP contribution in [0.4, 0.5) is 5.69 Å². The maximum atomic E-state index is 12.7. The van der Waals surface area contributed by atoms with Gasteiger partial charge in [-0.05, 0) is 55.0 Å². The number of imidazole rings is 1. The van der Waals surface area contributed by atoms with Gasteiger partial charge in [0.1, 0.15) is 5.82 Å². The van der Waals surface area contributed by atoms with Crippen LogP contribution >= 0.6 is 11.6 Å². The molecule has 1 aromatic heterocycles. The summed E-state index contributed by atoms with van der Waals surface area (Å²) in [4.78, 5) is 7.98. The summed E-state index contributed by atoms with van der Waals surface area (Å²) < 4.78 is 28.0. The minimum absolute atomic E-state index is 0.153. The van der Waals surface area contributed by atoms with Crippen molar-refractivity contribution in [3.63, 3.8) is 0 Å². The van der Waals surface area contributed by atoms with Gasteiger partial charge in [0.2, 0.25) is 0 Å². The van der Waals surface area contributed by atoms with Gasteiger partial charge < -0.3 is 4.98 Å². The predicted octanol–water partition coefficient (Wildman–Crippen LogP) is 4.99. The van der Waals surface area contributed by atoms with Crippen LogP contribution < -0.4 is 4.72 Å². The molecule has 0 aliphatic rings. The van der Waals surface area contributed by atoms with E-state index in [1.165, 1.54) is 12.1 Å². The fourth-order valence-electron chi connectivity index (χ4n) is 2.79. The number of aromatic amines is 1. The summed E-state index contributed by atoms with van der Waals surface area (Å²) in [5.74, 6) is 0.683. The largest absolute Gasteiger partial charge is 0.338 e. The highest BCUT2D eigenvalue weighted by Gasteiger charge is 2.16. The molecule has 4 rings (SSSR count). The molecule has 0 aliphatic carbocycles. The van der Waals surface area contributed by atoms with Crippen LogP contribution in [0.1, 0.15) is 5.56 Å². The maximum absolute atomic E-state index is 12.7. The van der Waals surface area contributed by atoms with E-state index in [1.807, 2.05) is 43.3 Å². The highest BCUT2D eigenvalue weighted by molar-refractivity contribution is 7.92. The molecule has 27 heavy (non-hydrogen) atoms. The number of para-hydroxylation sites is 2. The minimum Gasteiger partial charge on any atom is -0.338 e. The lowest BCUT2D eigenvalue weighted by molar-refractivity contribution is 0.601. The second-order valence-electron chi connectivity index (χ2n) is 6.19. The molecule has 0 atom stereocenters. The van der Waals surface area contributed by atoms with E-state index in [9.17, 15) is 8.42 Å². The van der Waals surface area contributed by atoms with E-state index >= 15 is 0 Å². The molecule has 0 saturated carbocycles. The normalized spacial score (nSPS) is 11.6. The van der Waals surface area contributed by atoms with Gasteiger partial charge >= 0.3 is 0 Å². The molecule has 136 valence electrons. The van der Waals surface area contributed by atoms with Crippen molar-refractivity contribution in [2.24, 2.45) is 0 Å². The number of benzene rings is 3. The molecular weight excluding hydrogens is 382 g/mol. The fourth-order valence-corrected chi connectivity index (χ4v) is 4.03. The zero-order chi connectivity index (χ0) is 19.0. The van der Waals surface area contributed by atoms with E-state index in [0.29, 0.717) is 16.5 Å². The van der Waals surface area contributed by atoms with Crippen molar-refractivity contribution in [1.82, 2.24) is 9.97 Å². The lowest BCUT2D eigenvalue weighted by Gasteiger charge is -2.12. The highest BCUT2D eigenvalue weighted by Crippen LogP contribution is 2.27. The summed E-state index contributed by atoms with van der Waals surface area (Å²) in [7, 11) is -3.72. The quantitative estimate of drug-likeness (QED) is 0.509. The summed E-state index contributed by atoms with van der Waals surface area (Å²) in [6.07, 6.45) is 0. The Hall–Kier alpha value is -2.83. The third kappa shape index (κ3) is 3.54. The number of H-pyrrole nitrogens is 1. The zero-order valence-corrected chi connectivity index (χ0v) is 16.0. The Labute approximate surface area is 162 Å². The van der Waals surface area contributed by atoms with Crippen molar-refractivity contribution in [2.45, 2.75) is 11.8 Å². The van der Waals surface area contributed by atoms with Crippen LogP contribution in [0, 0.1) is 6.92 Å². The van der Waals surface area contributed by atoms with E-state index in [1.54, 1.807) is 18.2 Å². The monoisotopic (exact) mass is 397 g/mol. The molecule has 4 aromatic rings. The smallest absolute Gasteiger partial charge is 0.261 e. The van der Waals surface area contributed by atoms with Gasteiger partial charge in [-0.15, -0.1) is 0 Å². The third-order valence-electron chi connectivity index (χ3n) is 4.27.